The molecule has 0 saturated heterocycles. The number of ketones is 2. The number of benzene rings is 3. The van der Waals surface area contributed by atoms with Crippen molar-refractivity contribution in [2.24, 2.45) is 17.8 Å². The third kappa shape index (κ3) is 5.11. The Bertz CT molecular complexity index is 1920. The minimum Gasteiger partial charge on any atom is -0.511 e. The van der Waals surface area contributed by atoms with Crippen molar-refractivity contribution in [1.82, 2.24) is 10.1 Å². The van der Waals surface area contributed by atoms with Crippen LogP contribution in [0.25, 0.3) is 0 Å². The van der Waals surface area contributed by atoms with Crippen LogP contribution < -0.4 is 4.74 Å². The number of aromatic hydroxyl groups is 1. The second-order valence-corrected chi connectivity index (χ2v) is 12.6. The van der Waals surface area contributed by atoms with Gasteiger partial charge >= 0.3 is 6.16 Å². The summed E-state index contributed by atoms with van der Waals surface area (Å²) >= 11 is 0. The average molecular weight is 651 g/mol. The first kappa shape index (κ1) is 31.2. The van der Waals surface area contributed by atoms with Crippen molar-refractivity contribution in [3.05, 3.63) is 124 Å². The first-order chi connectivity index (χ1) is 23.2. The number of aromatic nitrogens is 1. The van der Waals surface area contributed by atoms with Crippen LogP contribution >= 0.6 is 0 Å². The maximum Gasteiger partial charge on any atom is 0.508 e. The second kappa shape index (κ2) is 12.3. The van der Waals surface area contributed by atoms with Gasteiger partial charge in [0.2, 0.25) is 0 Å². The van der Waals surface area contributed by atoms with Crippen molar-refractivity contribution >= 4 is 17.7 Å². The molecule has 1 heterocycles. The van der Waals surface area contributed by atoms with Crippen molar-refractivity contribution in [3.63, 3.8) is 0 Å². The summed E-state index contributed by atoms with van der Waals surface area (Å²) in [6, 6.07) is 22.4. The standard InChI is InChI=1S/C37H34N2O9/c1-19-22-15-10-16-23(40)25(22)31(41)27-24(19)34(47-37(44)46-18-21-13-8-5-9-14-21)26-28(32(27)42)33(43)29-35(30(26)39(2)3)48-38-36(29)45-17-20-11-6-4-7-12-20/h4-16,19,24,26,28,30,34,40,42H,17-18H2,1-3H3/t19-,24+,26+,28+,30-,34-/m0/s1. The Hall–Kier alpha value is -5.42. The number of ether oxygens (including phenoxy) is 3. The zero-order chi connectivity index (χ0) is 33.7. The van der Waals surface area contributed by atoms with E-state index in [1.807, 2.05) is 55.5 Å². The fourth-order valence-electron chi connectivity index (χ4n) is 7.55. The normalized spacial score (nSPS) is 24.3. The van der Waals surface area contributed by atoms with E-state index in [1.54, 1.807) is 43.3 Å². The molecule has 0 aliphatic heterocycles. The Morgan fingerprint density at radius 2 is 1.56 bits per heavy atom. The lowest BCUT2D eigenvalue weighted by Crippen LogP contribution is -2.56. The minimum absolute atomic E-state index is 0.0385. The van der Waals surface area contributed by atoms with Gasteiger partial charge in [-0.25, -0.2) is 4.79 Å². The molecule has 7 rings (SSSR count). The molecule has 0 fully saturated rings. The average Bonchev–Trinajstić information content (AvgIpc) is 3.51. The van der Waals surface area contributed by atoms with Gasteiger partial charge in [-0.05, 0) is 47.9 Å². The summed E-state index contributed by atoms with van der Waals surface area (Å²) in [5, 5.41) is 26.9. The van der Waals surface area contributed by atoms with Gasteiger partial charge in [-0.1, -0.05) is 79.7 Å². The lowest BCUT2D eigenvalue weighted by atomic mass is 9.57. The molecule has 3 aliphatic carbocycles. The highest BCUT2D eigenvalue weighted by Gasteiger charge is 2.62. The number of hydrogen-bond acceptors (Lipinski definition) is 11. The lowest BCUT2D eigenvalue weighted by Gasteiger charge is -2.50. The van der Waals surface area contributed by atoms with Crippen molar-refractivity contribution in [2.75, 3.05) is 14.1 Å². The van der Waals surface area contributed by atoms with Crippen molar-refractivity contribution < 1.29 is 43.3 Å². The Labute approximate surface area is 276 Å². The highest BCUT2D eigenvalue weighted by atomic mass is 16.7. The number of nitrogens with zero attached hydrogens (tertiary/aromatic N) is 2. The van der Waals surface area contributed by atoms with E-state index >= 15 is 0 Å². The largest absolute Gasteiger partial charge is 0.511 e. The number of phenols is 1. The van der Waals surface area contributed by atoms with Gasteiger partial charge in [0.25, 0.3) is 5.88 Å². The number of Topliss-reactive ketones (excluding diaryl/α,β-unsaturated/α-hetero) is 2. The fraction of sp³-hybridized carbons (Fsp3) is 0.297. The van der Waals surface area contributed by atoms with Crippen molar-refractivity contribution in [3.8, 4) is 11.6 Å². The molecule has 0 saturated carbocycles. The van der Waals surface area contributed by atoms with E-state index in [1.165, 1.54) is 6.07 Å². The summed E-state index contributed by atoms with van der Waals surface area (Å²) in [4.78, 5) is 43.9. The fourth-order valence-corrected chi connectivity index (χ4v) is 7.55. The zero-order valence-electron chi connectivity index (χ0n) is 26.5. The van der Waals surface area contributed by atoms with Crippen LogP contribution in [0.4, 0.5) is 4.79 Å². The van der Waals surface area contributed by atoms with Gasteiger partial charge < -0.3 is 28.9 Å². The second-order valence-electron chi connectivity index (χ2n) is 12.6. The van der Waals surface area contributed by atoms with Crippen LogP contribution in [-0.4, -0.2) is 58.2 Å². The first-order valence-electron chi connectivity index (χ1n) is 15.7. The van der Waals surface area contributed by atoms with E-state index in [0.29, 0.717) is 5.56 Å². The number of phenolic OH excluding ortho intramolecular Hbond substituents is 1. The highest BCUT2D eigenvalue weighted by molar-refractivity contribution is 6.15. The summed E-state index contributed by atoms with van der Waals surface area (Å²) in [6.07, 6.45) is -2.13. The molecule has 3 aromatic carbocycles. The van der Waals surface area contributed by atoms with Crippen LogP contribution in [-0.2, 0) is 22.7 Å². The number of hydrogen-bond donors (Lipinski definition) is 2. The molecule has 0 amide bonds. The summed E-state index contributed by atoms with van der Waals surface area (Å²) in [6.45, 7) is 1.88. The SMILES string of the molecule is C[C@H]1c2cccc(O)c2C(=O)C2=C(O)[C@@H]3C(=O)c4c(OCc5ccccc5)noc4[C@@H](N(C)C)[C@@H]3[C@@H](OC(=O)OCc3ccccc3)[C@@H]21. The molecule has 48 heavy (non-hydrogen) atoms. The van der Waals surface area contributed by atoms with E-state index in [-0.39, 0.29) is 47.3 Å². The molecule has 6 atom stereocenters. The number of aliphatic hydroxyl groups excluding tert-OH is 1. The van der Waals surface area contributed by atoms with Gasteiger partial charge in [0, 0.05) is 17.4 Å². The number of carbonyl (C=O) groups is 3. The molecule has 3 aliphatic rings. The summed E-state index contributed by atoms with van der Waals surface area (Å²) in [7, 11) is 3.55. The molecule has 11 heteroatoms. The van der Waals surface area contributed by atoms with Crippen LogP contribution in [0, 0.1) is 17.8 Å². The molecule has 246 valence electrons. The summed E-state index contributed by atoms with van der Waals surface area (Å²) < 4.78 is 23.4. The number of fused-ring (bicyclic) bond motifs is 4. The third-order valence-corrected chi connectivity index (χ3v) is 9.65. The maximum atomic E-state index is 14.5. The van der Waals surface area contributed by atoms with Crippen LogP contribution in [0.15, 0.2) is 94.7 Å². The Balaban J connectivity index is 1.34. The van der Waals surface area contributed by atoms with Crippen LogP contribution in [0.2, 0.25) is 0 Å². The van der Waals surface area contributed by atoms with Gasteiger partial charge in [0.05, 0.1) is 17.5 Å². The van der Waals surface area contributed by atoms with Gasteiger partial charge in [-0.15, -0.1) is 0 Å². The minimum atomic E-state index is -1.33. The molecule has 0 spiro atoms. The van der Waals surface area contributed by atoms with Crippen LogP contribution in [0.5, 0.6) is 11.6 Å². The molecular formula is C37H34N2O9. The Morgan fingerprint density at radius 3 is 2.23 bits per heavy atom. The molecule has 0 radical (unpaired) electrons. The third-order valence-electron chi connectivity index (χ3n) is 9.65. The van der Waals surface area contributed by atoms with Crippen molar-refractivity contribution in [1.29, 1.82) is 0 Å². The molecule has 0 bridgehead atoms. The topological polar surface area (TPSA) is 149 Å². The van der Waals surface area contributed by atoms with Gasteiger partial charge in [-0.2, -0.15) is 0 Å². The predicted molar refractivity (Wildman–Crippen MR) is 171 cm³/mol. The smallest absolute Gasteiger partial charge is 0.508 e. The van der Waals surface area contributed by atoms with Crippen LogP contribution in [0.3, 0.4) is 0 Å². The van der Waals surface area contributed by atoms with Gasteiger partial charge in [0.1, 0.15) is 36.4 Å². The van der Waals surface area contributed by atoms with Crippen molar-refractivity contribution in [2.45, 2.75) is 38.2 Å². The highest BCUT2D eigenvalue weighted by Crippen LogP contribution is 2.58. The van der Waals surface area contributed by atoms with Gasteiger partial charge in [-0.3, -0.25) is 14.5 Å². The van der Waals surface area contributed by atoms with E-state index < -0.39 is 59.3 Å². The van der Waals surface area contributed by atoms with Gasteiger partial charge in [0.15, 0.2) is 17.3 Å². The van der Waals surface area contributed by atoms with E-state index in [9.17, 15) is 24.6 Å². The molecule has 4 aromatic rings. The lowest BCUT2D eigenvalue weighted by molar-refractivity contribution is -0.0683. The van der Waals surface area contributed by atoms with E-state index in [4.69, 9.17) is 18.7 Å². The zero-order valence-corrected chi connectivity index (χ0v) is 26.5. The molecule has 11 nitrogen and oxygen atoms in total. The number of rotatable bonds is 7. The van der Waals surface area contributed by atoms with E-state index in [0.717, 1.165) is 11.1 Å². The Morgan fingerprint density at radius 1 is 0.896 bits per heavy atom. The van der Waals surface area contributed by atoms with Crippen LogP contribution in [0.1, 0.15) is 62.1 Å². The predicted octanol–water partition coefficient (Wildman–Crippen LogP) is 6.15. The molecular weight excluding hydrogens is 616 g/mol. The number of aliphatic hydroxyl groups is 1. The number of carbonyl (C=O) groups excluding carboxylic acids is 3. The maximum absolute atomic E-state index is 14.5. The molecule has 2 N–H and O–H groups in total. The Kier molecular flexibility index (Phi) is 8.00. The quantitative estimate of drug-likeness (QED) is 0.222. The summed E-state index contributed by atoms with van der Waals surface area (Å²) in [5.41, 5.74) is 2.11. The molecule has 0 unspecified atom stereocenters. The summed E-state index contributed by atoms with van der Waals surface area (Å²) in [5.74, 6) is -5.41. The number of allylic oxidation sites excluding steroid dienone is 1. The first-order valence-corrected chi connectivity index (χ1v) is 15.7. The monoisotopic (exact) mass is 650 g/mol. The van der Waals surface area contributed by atoms with E-state index in [2.05, 4.69) is 5.16 Å². The molecule has 1 aromatic heterocycles.